The number of carbonyl (C=O) groups is 1. The Morgan fingerprint density at radius 3 is 2.79 bits per heavy atom. The predicted octanol–water partition coefficient (Wildman–Crippen LogP) is 1.66. The number of halogens is 1. The summed E-state index contributed by atoms with van der Waals surface area (Å²) in [4.78, 5) is 13.2. The van der Waals surface area contributed by atoms with Crippen molar-refractivity contribution < 1.29 is 19.0 Å². The Morgan fingerprint density at radius 2 is 2.16 bits per heavy atom. The molecule has 1 fully saturated rings. The molecule has 0 saturated carbocycles. The van der Waals surface area contributed by atoms with Gasteiger partial charge in [-0.25, -0.2) is 0 Å². The highest BCUT2D eigenvalue weighted by molar-refractivity contribution is 6.19. The van der Waals surface area contributed by atoms with Gasteiger partial charge in [0, 0.05) is 6.54 Å². The van der Waals surface area contributed by atoms with Crippen molar-refractivity contribution in [2.24, 2.45) is 0 Å². The van der Waals surface area contributed by atoms with Crippen molar-refractivity contribution in [3.63, 3.8) is 0 Å². The van der Waals surface area contributed by atoms with Crippen LogP contribution in [-0.2, 0) is 9.53 Å². The summed E-state index contributed by atoms with van der Waals surface area (Å²) in [6.07, 6.45) is -0.576. The van der Waals surface area contributed by atoms with Gasteiger partial charge in [-0.05, 0) is 12.1 Å². The molecule has 0 aliphatic carbocycles. The van der Waals surface area contributed by atoms with Crippen LogP contribution >= 0.6 is 11.6 Å². The Hall–Kier alpha value is -1.46. The second-order valence-corrected chi connectivity index (χ2v) is 4.22. The third-order valence-electron chi connectivity index (χ3n) is 2.71. The lowest BCUT2D eigenvalue weighted by atomic mass is 10.3. The fourth-order valence-corrected chi connectivity index (χ4v) is 1.90. The lowest BCUT2D eigenvalue weighted by Gasteiger charge is -2.23. The highest BCUT2D eigenvalue weighted by Crippen LogP contribution is 2.25. The summed E-state index contributed by atoms with van der Waals surface area (Å²) >= 11 is 5.60. The highest BCUT2D eigenvalue weighted by atomic mass is 35.5. The van der Waals surface area contributed by atoms with Crippen LogP contribution in [-0.4, -0.2) is 43.1 Å². The summed E-state index contributed by atoms with van der Waals surface area (Å²) in [6.45, 7) is 2.15. The number of alkyl halides is 1. The van der Waals surface area contributed by atoms with E-state index >= 15 is 0 Å². The van der Waals surface area contributed by atoms with Gasteiger partial charge in [0.25, 0.3) is 0 Å². The molecule has 0 aromatic heterocycles. The largest absolute Gasteiger partial charge is 0.521 e. The Balaban J connectivity index is 1.82. The minimum atomic E-state index is -0.576. The Bertz CT molecular complexity index is 440. The first-order chi connectivity index (χ1) is 9.26. The van der Waals surface area contributed by atoms with Gasteiger partial charge in [-0.1, -0.05) is 12.1 Å². The maximum absolute atomic E-state index is 11.7. The summed E-state index contributed by atoms with van der Waals surface area (Å²) < 4.78 is 15.9. The number of carbonyl (C=O) groups excluding carboxylic acids is 1. The molecule has 0 N–H and O–H groups in total. The molecule has 1 aromatic rings. The number of ether oxygens (including phenoxy) is 3. The van der Waals surface area contributed by atoms with Crippen molar-refractivity contribution in [1.29, 1.82) is 0 Å². The van der Waals surface area contributed by atoms with Gasteiger partial charge in [0.1, 0.15) is 12.7 Å². The van der Waals surface area contributed by atoms with E-state index in [9.17, 15) is 4.79 Å². The van der Waals surface area contributed by atoms with E-state index in [1.54, 1.807) is 7.11 Å². The SMILES string of the molecule is COc1ccccc1OCCN1[CH-]OC(CCl)C1=O. The second-order valence-electron chi connectivity index (χ2n) is 3.92. The average Bonchev–Trinajstić information content (AvgIpc) is 2.80. The van der Waals surface area contributed by atoms with Crippen molar-refractivity contribution in [2.75, 3.05) is 26.1 Å². The number of para-hydroxylation sites is 2. The number of methoxy groups -OCH3 is 1. The van der Waals surface area contributed by atoms with Crippen molar-refractivity contribution in [3.8, 4) is 11.5 Å². The number of hydrogen-bond acceptors (Lipinski definition) is 4. The zero-order chi connectivity index (χ0) is 13.7. The summed E-state index contributed by atoms with van der Waals surface area (Å²) in [6, 6.07) is 7.35. The number of rotatable bonds is 6. The summed E-state index contributed by atoms with van der Waals surface area (Å²) in [5, 5.41) is 0. The molecule has 0 bridgehead atoms. The zero-order valence-corrected chi connectivity index (χ0v) is 11.3. The summed E-state index contributed by atoms with van der Waals surface area (Å²) in [5.41, 5.74) is 0. The molecule has 0 radical (unpaired) electrons. The topological polar surface area (TPSA) is 48.0 Å². The standard InChI is InChI=1S/C13H15ClNO4/c1-17-10-4-2-3-5-11(10)18-7-6-15-9-19-12(8-14)13(15)16/h2-5,9,12H,6-8H2,1H3/q-1. The Labute approximate surface area is 117 Å². The van der Waals surface area contributed by atoms with Gasteiger partial charge in [0.05, 0.1) is 13.0 Å². The minimum absolute atomic E-state index is 0.140. The normalized spacial score (nSPS) is 18.7. The molecule has 6 heteroatoms. The fraction of sp³-hybridized carbons (Fsp3) is 0.385. The van der Waals surface area contributed by atoms with Crippen molar-refractivity contribution >= 4 is 17.5 Å². The molecule has 1 heterocycles. The molecule has 19 heavy (non-hydrogen) atoms. The van der Waals surface area contributed by atoms with E-state index in [2.05, 4.69) is 0 Å². The Morgan fingerprint density at radius 1 is 1.42 bits per heavy atom. The molecule has 2 rings (SSSR count). The molecule has 1 amide bonds. The first-order valence-corrected chi connectivity index (χ1v) is 6.40. The van der Waals surface area contributed by atoms with E-state index < -0.39 is 6.10 Å². The molecular weight excluding hydrogens is 270 g/mol. The predicted molar refractivity (Wildman–Crippen MR) is 70.1 cm³/mol. The number of benzene rings is 1. The molecule has 0 spiro atoms. The van der Waals surface area contributed by atoms with Gasteiger partial charge in [-0.3, -0.25) is 4.79 Å². The van der Waals surface area contributed by atoms with E-state index in [1.165, 1.54) is 11.6 Å². The smallest absolute Gasteiger partial charge is 0.223 e. The zero-order valence-electron chi connectivity index (χ0n) is 10.5. The van der Waals surface area contributed by atoms with Crippen molar-refractivity contribution in [2.45, 2.75) is 6.10 Å². The quantitative estimate of drug-likeness (QED) is 0.589. The van der Waals surface area contributed by atoms with Crippen molar-refractivity contribution in [3.05, 3.63) is 31.0 Å². The van der Waals surface area contributed by atoms with E-state index in [1.807, 2.05) is 24.3 Å². The number of hydrogen-bond donors (Lipinski definition) is 0. The van der Waals surface area contributed by atoms with Crippen LogP contribution in [0.2, 0.25) is 0 Å². The van der Waals surface area contributed by atoms with Gasteiger partial charge in [-0.15, -0.1) is 18.3 Å². The minimum Gasteiger partial charge on any atom is -0.521 e. The van der Waals surface area contributed by atoms with Gasteiger partial charge in [0.15, 0.2) is 11.5 Å². The van der Waals surface area contributed by atoms with Gasteiger partial charge < -0.3 is 19.1 Å². The maximum Gasteiger partial charge on any atom is 0.223 e. The molecular formula is C13H15ClNO4-. The molecule has 104 valence electrons. The summed E-state index contributed by atoms with van der Waals surface area (Å²) in [7, 11) is 1.58. The molecule has 1 saturated heterocycles. The van der Waals surface area contributed by atoms with Crippen LogP contribution in [0.25, 0.3) is 0 Å². The Kier molecular flexibility index (Phi) is 4.87. The first-order valence-electron chi connectivity index (χ1n) is 5.87. The van der Waals surface area contributed by atoms with E-state index in [0.29, 0.717) is 24.7 Å². The van der Waals surface area contributed by atoms with Crippen LogP contribution in [0.3, 0.4) is 0 Å². The van der Waals surface area contributed by atoms with Crippen LogP contribution in [0.15, 0.2) is 24.3 Å². The van der Waals surface area contributed by atoms with Crippen LogP contribution in [0.1, 0.15) is 0 Å². The first kappa shape index (κ1) is 14.0. The number of amides is 1. The van der Waals surface area contributed by atoms with E-state index in [-0.39, 0.29) is 11.8 Å². The lowest BCUT2D eigenvalue weighted by molar-refractivity contribution is -0.129. The van der Waals surface area contributed by atoms with Gasteiger partial charge >= 0.3 is 0 Å². The van der Waals surface area contributed by atoms with Crippen molar-refractivity contribution in [1.82, 2.24) is 4.90 Å². The third-order valence-corrected chi connectivity index (χ3v) is 2.99. The molecule has 1 aromatic carbocycles. The van der Waals surface area contributed by atoms with Crippen LogP contribution in [0.5, 0.6) is 11.5 Å². The molecule has 1 aliphatic rings. The monoisotopic (exact) mass is 284 g/mol. The van der Waals surface area contributed by atoms with E-state index in [4.69, 9.17) is 25.8 Å². The maximum atomic E-state index is 11.7. The van der Waals surface area contributed by atoms with Gasteiger partial charge in [-0.2, -0.15) is 0 Å². The molecule has 1 aliphatic heterocycles. The van der Waals surface area contributed by atoms with Gasteiger partial charge in [0.2, 0.25) is 5.91 Å². The van der Waals surface area contributed by atoms with Crippen LogP contribution in [0, 0.1) is 6.73 Å². The highest BCUT2D eigenvalue weighted by Gasteiger charge is 2.23. The van der Waals surface area contributed by atoms with E-state index in [0.717, 1.165) is 0 Å². The number of nitrogens with zero attached hydrogens (tertiary/aromatic N) is 1. The summed E-state index contributed by atoms with van der Waals surface area (Å²) in [5.74, 6) is 1.32. The second kappa shape index (κ2) is 6.63. The molecule has 5 nitrogen and oxygen atoms in total. The lowest BCUT2D eigenvalue weighted by Crippen LogP contribution is -2.32. The fourth-order valence-electron chi connectivity index (χ4n) is 1.70. The molecule has 1 unspecified atom stereocenters. The molecule has 1 atom stereocenters. The van der Waals surface area contributed by atoms with Crippen LogP contribution in [0.4, 0.5) is 0 Å². The average molecular weight is 285 g/mol. The van der Waals surface area contributed by atoms with Crippen LogP contribution < -0.4 is 9.47 Å². The third kappa shape index (κ3) is 3.30.